The fourth-order valence-corrected chi connectivity index (χ4v) is 3.64. The highest BCUT2D eigenvalue weighted by molar-refractivity contribution is 6.04. The monoisotopic (exact) mass is 416 g/mol. The Kier molecular flexibility index (Phi) is 7.07. The molecule has 0 aromatic heterocycles. The topological polar surface area (TPSA) is 93.2 Å². The number of ether oxygens (including phenoxy) is 2. The molecule has 1 saturated heterocycles. The highest BCUT2D eigenvalue weighted by atomic mass is 16.5. The fraction of sp³-hybridized carbons (Fsp3) is 0.545. The van der Waals surface area contributed by atoms with Gasteiger partial charge in [0.15, 0.2) is 12.4 Å². The van der Waals surface area contributed by atoms with Crippen molar-refractivity contribution in [3.8, 4) is 5.75 Å². The van der Waals surface area contributed by atoms with Crippen LogP contribution < -0.4 is 9.64 Å². The second-order valence-corrected chi connectivity index (χ2v) is 7.74. The number of nitrogens with zero attached hydrogens (tertiary/aromatic N) is 2. The van der Waals surface area contributed by atoms with Crippen LogP contribution in [0, 0.1) is 5.92 Å². The molecule has 2 aliphatic heterocycles. The molecule has 8 heteroatoms. The van der Waals surface area contributed by atoms with Crippen molar-refractivity contribution in [3.63, 3.8) is 0 Å². The lowest BCUT2D eigenvalue weighted by atomic mass is 9.99. The summed E-state index contributed by atoms with van der Waals surface area (Å²) in [6, 6.07) is 4.79. The molecule has 0 aliphatic carbocycles. The van der Waals surface area contributed by atoms with Gasteiger partial charge in [0.05, 0.1) is 18.7 Å². The zero-order valence-electron chi connectivity index (χ0n) is 17.5. The van der Waals surface area contributed by atoms with Crippen molar-refractivity contribution in [2.75, 3.05) is 37.7 Å². The summed E-state index contributed by atoms with van der Waals surface area (Å²) in [6.07, 6.45) is 1.92. The van der Waals surface area contributed by atoms with Gasteiger partial charge >= 0.3 is 5.97 Å². The predicted octanol–water partition coefficient (Wildman–Crippen LogP) is 2.20. The number of piperidine rings is 1. The number of carbonyl (C=O) groups is 4. The molecule has 0 saturated carbocycles. The molecule has 2 aliphatic rings. The summed E-state index contributed by atoms with van der Waals surface area (Å²) in [6.45, 7) is 5.31. The van der Waals surface area contributed by atoms with Crippen LogP contribution in [0.3, 0.4) is 0 Å². The van der Waals surface area contributed by atoms with E-state index in [1.807, 2.05) is 0 Å². The Labute approximate surface area is 176 Å². The number of amides is 2. The first-order valence-corrected chi connectivity index (χ1v) is 10.4. The van der Waals surface area contributed by atoms with Crippen molar-refractivity contribution < 1.29 is 28.7 Å². The van der Waals surface area contributed by atoms with Crippen LogP contribution in [-0.4, -0.2) is 61.3 Å². The Balaban J connectivity index is 1.72. The largest absolute Gasteiger partial charge is 0.482 e. The van der Waals surface area contributed by atoms with Gasteiger partial charge in [-0.15, -0.1) is 0 Å². The molecule has 3 rings (SSSR count). The second kappa shape index (κ2) is 9.73. The summed E-state index contributed by atoms with van der Waals surface area (Å²) in [5.74, 6) is -0.0374. The smallest absolute Gasteiger partial charge is 0.306 e. The standard InChI is InChI=1S/C22H28N2O6/c1-3-29-22(28)7-5-18(25)16-4-6-19-17(12-16)24(21(27)14-30-19)13-20(26)23-10-8-15(2)9-11-23/h4,6,12,15H,3,5,7-11,13-14H2,1-2H3. The fourth-order valence-electron chi connectivity index (χ4n) is 3.64. The number of hydrogen-bond acceptors (Lipinski definition) is 6. The number of hydrogen-bond donors (Lipinski definition) is 0. The first-order chi connectivity index (χ1) is 14.4. The van der Waals surface area contributed by atoms with Crippen LogP contribution in [0.4, 0.5) is 5.69 Å². The molecule has 1 aromatic rings. The van der Waals surface area contributed by atoms with Crippen molar-refractivity contribution in [2.24, 2.45) is 5.92 Å². The molecule has 0 bridgehead atoms. The number of Topliss-reactive ketones (excluding diaryl/α,β-unsaturated/α-hetero) is 1. The number of ketones is 1. The van der Waals surface area contributed by atoms with Crippen LogP contribution in [0.1, 0.15) is 49.9 Å². The van der Waals surface area contributed by atoms with Gasteiger partial charge in [-0.05, 0) is 43.9 Å². The van der Waals surface area contributed by atoms with E-state index in [4.69, 9.17) is 9.47 Å². The third kappa shape index (κ3) is 5.17. The van der Waals surface area contributed by atoms with E-state index in [1.165, 1.54) is 4.90 Å². The number of fused-ring (bicyclic) bond motifs is 1. The van der Waals surface area contributed by atoms with Gasteiger partial charge in [0.25, 0.3) is 5.91 Å². The Morgan fingerprint density at radius 3 is 2.60 bits per heavy atom. The van der Waals surface area contributed by atoms with Gasteiger partial charge in [0.1, 0.15) is 12.3 Å². The van der Waals surface area contributed by atoms with Gasteiger partial charge in [-0.2, -0.15) is 0 Å². The van der Waals surface area contributed by atoms with E-state index in [-0.39, 0.29) is 50.2 Å². The number of likely N-dealkylation sites (tertiary alicyclic amines) is 1. The van der Waals surface area contributed by atoms with Crippen molar-refractivity contribution in [1.82, 2.24) is 4.90 Å². The van der Waals surface area contributed by atoms with Crippen LogP contribution in [-0.2, 0) is 19.1 Å². The minimum Gasteiger partial charge on any atom is -0.482 e. The minimum atomic E-state index is -0.426. The summed E-state index contributed by atoms with van der Waals surface area (Å²) >= 11 is 0. The lowest BCUT2D eigenvalue weighted by Gasteiger charge is -2.34. The van der Waals surface area contributed by atoms with Gasteiger partial charge in [-0.25, -0.2) is 0 Å². The van der Waals surface area contributed by atoms with E-state index < -0.39 is 5.97 Å². The SMILES string of the molecule is CCOC(=O)CCC(=O)c1ccc2c(c1)N(CC(=O)N1CCC(C)CC1)C(=O)CO2. The molecule has 0 atom stereocenters. The predicted molar refractivity (Wildman–Crippen MR) is 109 cm³/mol. The van der Waals surface area contributed by atoms with Crippen LogP contribution in [0.25, 0.3) is 0 Å². The first kappa shape index (κ1) is 21.8. The molecule has 0 unspecified atom stereocenters. The van der Waals surface area contributed by atoms with Gasteiger partial charge < -0.3 is 14.4 Å². The lowest BCUT2D eigenvalue weighted by molar-refractivity contribution is -0.143. The molecule has 2 amide bonds. The van der Waals surface area contributed by atoms with E-state index in [0.29, 0.717) is 36.0 Å². The Morgan fingerprint density at radius 2 is 1.90 bits per heavy atom. The Bertz CT molecular complexity index is 829. The summed E-state index contributed by atoms with van der Waals surface area (Å²) in [4.78, 5) is 52.4. The summed E-state index contributed by atoms with van der Waals surface area (Å²) in [5.41, 5.74) is 0.771. The van der Waals surface area contributed by atoms with Crippen LogP contribution in [0.2, 0.25) is 0 Å². The van der Waals surface area contributed by atoms with Crippen LogP contribution >= 0.6 is 0 Å². The molecule has 0 spiro atoms. The molecule has 30 heavy (non-hydrogen) atoms. The van der Waals surface area contributed by atoms with E-state index >= 15 is 0 Å². The number of rotatable bonds is 7. The molecule has 162 valence electrons. The molecule has 1 fully saturated rings. The zero-order valence-corrected chi connectivity index (χ0v) is 17.5. The molecule has 0 N–H and O–H groups in total. The van der Waals surface area contributed by atoms with E-state index in [1.54, 1.807) is 30.0 Å². The average Bonchev–Trinajstić information content (AvgIpc) is 2.74. The second-order valence-electron chi connectivity index (χ2n) is 7.74. The number of anilines is 1. The third-order valence-electron chi connectivity index (χ3n) is 5.52. The third-order valence-corrected chi connectivity index (χ3v) is 5.52. The van der Waals surface area contributed by atoms with Crippen LogP contribution in [0.15, 0.2) is 18.2 Å². The van der Waals surface area contributed by atoms with Gasteiger partial charge in [0, 0.05) is 25.1 Å². The summed E-state index contributed by atoms with van der Waals surface area (Å²) in [5, 5.41) is 0. The maximum absolute atomic E-state index is 12.8. The van der Waals surface area contributed by atoms with E-state index in [9.17, 15) is 19.2 Å². The van der Waals surface area contributed by atoms with E-state index in [0.717, 1.165) is 12.8 Å². The van der Waals surface area contributed by atoms with Crippen molar-refractivity contribution in [1.29, 1.82) is 0 Å². The highest BCUT2D eigenvalue weighted by Crippen LogP contribution is 2.33. The maximum atomic E-state index is 12.8. The normalized spacial score (nSPS) is 16.7. The zero-order chi connectivity index (χ0) is 21.7. The minimum absolute atomic E-state index is 0.00519. The van der Waals surface area contributed by atoms with Gasteiger partial charge in [-0.3, -0.25) is 24.1 Å². The average molecular weight is 416 g/mol. The van der Waals surface area contributed by atoms with E-state index in [2.05, 4.69) is 6.92 Å². The van der Waals surface area contributed by atoms with Crippen molar-refractivity contribution in [2.45, 2.75) is 39.5 Å². The maximum Gasteiger partial charge on any atom is 0.306 e. The summed E-state index contributed by atoms with van der Waals surface area (Å²) < 4.78 is 10.3. The summed E-state index contributed by atoms with van der Waals surface area (Å²) in [7, 11) is 0. The number of carbonyl (C=O) groups excluding carboxylic acids is 4. The quantitative estimate of drug-likeness (QED) is 0.500. The Hall–Kier alpha value is -2.90. The van der Waals surface area contributed by atoms with Crippen LogP contribution in [0.5, 0.6) is 5.75 Å². The molecule has 2 heterocycles. The lowest BCUT2D eigenvalue weighted by Crippen LogP contribution is -2.48. The highest BCUT2D eigenvalue weighted by Gasteiger charge is 2.30. The van der Waals surface area contributed by atoms with Gasteiger partial charge in [-0.1, -0.05) is 6.92 Å². The molecular weight excluding hydrogens is 388 g/mol. The van der Waals surface area contributed by atoms with Crippen molar-refractivity contribution >= 4 is 29.3 Å². The molecule has 8 nitrogen and oxygen atoms in total. The number of benzene rings is 1. The van der Waals surface area contributed by atoms with Crippen molar-refractivity contribution in [3.05, 3.63) is 23.8 Å². The molecular formula is C22H28N2O6. The number of esters is 1. The molecule has 0 radical (unpaired) electrons. The first-order valence-electron chi connectivity index (χ1n) is 10.4. The molecule has 1 aromatic carbocycles. The Morgan fingerprint density at radius 1 is 1.17 bits per heavy atom. The van der Waals surface area contributed by atoms with Gasteiger partial charge in [0.2, 0.25) is 5.91 Å².